The van der Waals surface area contributed by atoms with Crippen molar-refractivity contribution in [1.29, 1.82) is 0 Å². The van der Waals surface area contributed by atoms with Crippen molar-refractivity contribution >= 4 is 10.9 Å². The Bertz CT molecular complexity index is 868. The molecule has 0 spiro atoms. The molecule has 1 aromatic heterocycles. The average Bonchev–Trinajstić information content (AvgIpc) is 3.07. The van der Waals surface area contributed by atoms with E-state index in [1.54, 1.807) is 0 Å². The van der Waals surface area contributed by atoms with Crippen LogP contribution in [-0.2, 0) is 12.0 Å². The highest BCUT2D eigenvalue weighted by atomic mass is 15.1. The molecule has 1 aliphatic rings. The SMILES string of the molecule is CCc1c(C2CCC(c3ccccc3)(N(C)C)CC2)[nH]c2ccccc12. The molecule has 0 atom stereocenters. The lowest BCUT2D eigenvalue weighted by Crippen LogP contribution is -2.44. The van der Waals surface area contributed by atoms with E-state index in [1.165, 1.54) is 53.4 Å². The van der Waals surface area contributed by atoms with Gasteiger partial charge in [0.2, 0.25) is 0 Å². The fourth-order valence-electron chi connectivity index (χ4n) is 5.08. The molecule has 1 aliphatic carbocycles. The second-order valence-corrected chi connectivity index (χ2v) is 7.98. The smallest absolute Gasteiger partial charge is 0.0459 e. The standard InChI is InChI=1S/C24H30N2/c1-4-20-21-12-8-9-13-22(21)25-23(20)18-14-16-24(17-15-18,26(2)3)19-10-6-5-7-11-19/h5-13,18,25H,4,14-17H2,1-3H3. The van der Waals surface area contributed by atoms with Crippen molar-refractivity contribution in [1.82, 2.24) is 9.88 Å². The first-order valence-electron chi connectivity index (χ1n) is 9.98. The number of fused-ring (bicyclic) bond motifs is 1. The number of H-pyrrole nitrogens is 1. The van der Waals surface area contributed by atoms with E-state index in [9.17, 15) is 0 Å². The van der Waals surface area contributed by atoms with Gasteiger partial charge in [-0.2, -0.15) is 0 Å². The summed E-state index contributed by atoms with van der Waals surface area (Å²) in [7, 11) is 4.49. The Balaban J connectivity index is 1.64. The van der Waals surface area contributed by atoms with E-state index >= 15 is 0 Å². The van der Waals surface area contributed by atoms with E-state index in [0.29, 0.717) is 5.92 Å². The molecule has 0 aliphatic heterocycles. The topological polar surface area (TPSA) is 19.0 Å². The van der Waals surface area contributed by atoms with Crippen molar-refractivity contribution in [2.75, 3.05) is 14.1 Å². The molecule has 1 heterocycles. The van der Waals surface area contributed by atoms with Gasteiger partial charge in [-0.1, -0.05) is 55.5 Å². The maximum atomic E-state index is 3.77. The van der Waals surface area contributed by atoms with E-state index in [-0.39, 0.29) is 5.54 Å². The van der Waals surface area contributed by atoms with Crippen LogP contribution in [0.1, 0.15) is 55.3 Å². The van der Waals surface area contributed by atoms with Gasteiger partial charge < -0.3 is 4.98 Å². The first kappa shape index (κ1) is 17.4. The summed E-state index contributed by atoms with van der Waals surface area (Å²) in [5, 5.41) is 1.41. The number of para-hydroxylation sites is 1. The minimum Gasteiger partial charge on any atom is -0.358 e. The predicted octanol–water partition coefficient (Wildman–Crippen LogP) is 5.85. The first-order chi connectivity index (χ1) is 12.7. The van der Waals surface area contributed by atoms with E-state index in [1.807, 2.05) is 0 Å². The molecule has 3 aromatic rings. The molecule has 0 radical (unpaired) electrons. The maximum Gasteiger partial charge on any atom is 0.0459 e. The fraction of sp³-hybridized carbons (Fsp3) is 0.417. The van der Waals surface area contributed by atoms with Crippen LogP contribution in [0.25, 0.3) is 10.9 Å². The summed E-state index contributed by atoms with van der Waals surface area (Å²) in [6.07, 6.45) is 6.02. The van der Waals surface area contributed by atoms with Crippen molar-refractivity contribution in [3.8, 4) is 0 Å². The van der Waals surface area contributed by atoms with Gasteiger partial charge in [0.1, 0.15) is 0 Å². The Labute approximate surface area is 157 Å². The Morgan fingerprint density at radius 3 is 2.27 bits per heavy atom. The van der Waals surface area contributed by atoms with Gasteiger partial charge in [0.15, 0.2) is 0 Å². The molecule has 0 amide bonds. The minimum absolute atomic E-state index is 0.177. The minimum atomic E-state index is 0.177. The largest absolute Gasteiger partial charge is 0.358 e. The van der Waals surface area contributed by atoms with Gasteiger partial charge in [0.05, 0.1) is 0 Å². The van der Waals surface area contributed by atoms with Gasteiger partial charge >= 0.3 is 0 Å². The summed E-state index contributed by atoms with van der Waals surface area (Å²) in [4.78, 5) is 6.22. The number of hydrogen-bond acceptors (Lipinski definition) is 1. The summed E-state index contributed by atoms with van der Waals surface area (Å²) in [6, 6.07) is 19.9. The van der Waals surface area contributed by atoms with Crippen molar-refractivity contribution < 1.29 is 0 Å². The van der Waals surface area contributed by atoms with Gasteiger partial charge in [0.25, 0.3) is 0 Å². The Morgan fingerprint density at radius 2 is 1.62 bits per heavy atom. The third-order valence-corrected chi connectivity index (χ3v) is 6.59. The zero-order valence-corrected chi connectivity index (χ0v) is 16.3. The van der Waals surface area contributed by atoms with Gasteiger partial charge in [0, 0.05) is 22.1 Å². The van der Waals surface area contributed by atoms with E-state index in [0.717, 1.165) is 6.42 Å². The summed E-state index contributed by atoms with van der Waals surface area (Å²) >= 11 is 0. The van der Waals surface area contributed by atoms with Crippen LogP contribution in [0.15, 0.2) is 54.6 Å². The molecule has 2 heteroatoms. The maximum absolute atomic E-state index is 3.77. The number of nitrogens with zero attached hydrogens (tertiary/aromatic N) is 1. The molecule has 2 aromatic carbocycles. The molecular weight excluding hydrogens is 316 g/mol. The number of aryl methyl sites for hydroxylation is 1. The molecule has 2 nitrogen and oxygen atoms in total. The number of nitrogens with one attached hydrogen (secondary N) is 1. The molecule has 0 unspecified atom stereocenters. The van der Waals surface area contributed by atoms with Crippen LogP contribution in [0, 0.1) is 0 Å². The van der Waals surface area contributed by atoms with Crippen LogP contribution >= 0.6 is 0 Å². The predicted molar refractivity (Wildman–Crippen MR) is 111 cm³/mol. The van der Waals surface area contributed by atoms with E-state index in [2.05, 4.69) is 85.5 Å². The summed E-state index contributed by atoms with van der Waals surface area (Å²) in [6.45, 7) is 2.29. The summed E-state index contributed by atoms with van der Waals surface area (Å²) < 4.78 is 0. The van der Waals surface area contributed by atoms with Crippen LogP contribution in [0.4, 0.5) is 0 Å². The molecule has 0 saturated heterocycles. The quantitative estimate of drug-likeness (QED) is 0.628. The Hall–Kier alpha value is -2.06. The van der Waals surface area contributed by atoms with Crippen LogP contribution in [0.5, 0.6) is 0 Å². The van der Waals surface area contributed by atoms with Gasteiger partial charge in [-0.05, 0) is 69.3 Å². The van der Waals surface area contributed by atoms with Gasteiger partial charge in [-0.25, -0.2) is 0 Å². The lowest BCUT2D eigenvalue weighted by molar-refractivity contribution is 0.0903. The molecule has 1 N–H and O–H groups in total. The Morgan fingerprint density at radius 1 is 0.962 bits per heavy atom. The molecule has 26 heavy (non-hydrogen) atoms. The fourth-order valence-corrected chi connectivity index (χ4v) is 5.08. The zero-order valence-electron chi connectivity index (χ0n) is 16.3. The Kier molecular flexibility index (Phi) is 4.62. The first-order valence-corrected chi connectivity index (χ1v) is 9.98. The third kappa shape index (κ3) is 2.77. The zero-order chi connectivity index (χ0) is 18.1. The number of rotatable bonds is 4. The molecule has 1 saturated carbocycles. The monoisotopic (exact) mass is 346 g/mol. The number of aromatic nitrogens is 1. The second-order valence-electron chi connectivity index (χ2n) is 7.98. The van der Waals surface area contributed by atoms with Crippen LogP contribution in [-0.4, -0.2) is 24.0 Å². The highest BCUT2D eigenvalue weighted by molar-refractivity contribution is 5.84. The van der Waals surface area contributed by atoms with Crippen molar-refractivity contribution in [3.63, 3.8) is 0 Å². The van der Waals surface area contributed by atoms with E-state index in [4.69, 9.17) is 0 Å². The molecule has 1 fully saturated rings. The molecule has 4 rings (SSSR count). The third-order valence-electron chi connectivity index (χ3n) is 6.59. The van der Waals surface area contributed by atoms with Crippen LogP contribution in [0.2, 0.25) is 0 Å². The summed E-state index contributed by atoms with van der Waals surface area (Å²) in [5.74, 6) is 0.647. The highest BCUT2D eigenvalue weighted by Crippen LogP contribution is 2.47. The molecule has 136 valence electrons. The number of aromatic amines is 1. The normalized spacial score (nSPS) is 23.6. The van der Waals surface area contributed by atoms with Crippen LogP contribution < -0.4 is 0 Å². The number of benzene rings is 2. The highest BCUT2D eigenvalue weighted by Gasteiger charge is 2.39. The molecular formula is C24H30N2. The van der Waals surface area contributed by atoms with E-state index < -0.39 is 0 Å². The van der Waals surface area contributed by atoms with Gasteiger partial charge in [-0.3, -0.25) is 4.90 Å². The molecule has 0 bridgehead atoms. The lowest BCUT2D eigenvalue weighted by atomic mass is 9.70. The van der Waals surface area contributed by atoms with Crippen LogP contribution in [0.3, 0.4) is 0 Å². The van der Waals surface area contributed by atoms with Crippen molar-refractivity contribution in [3.05, 3.63) is 71.4 Å². The summed E-state index contributed by atoms with van der Waals surface area (Å²) in [5.41, 5.74) is 5.97. The second kappa shape index (κ2) is 6.92. The number of hydrogen-bond donors (Lipinski definition) is 1. The average molecular weight is 347 g/mol. The van der Waals surface area contributed by atoms with Gasteiger partial charge in [-0.15, -0.1) is 0 Å². The lowest BCUT2D eigenvalue weighted by Gasteiger charge is -2.45. The van der Waals surface area contributed by atoms with Crippen molar-refractivity contribution in [2.45, 2.75) is 50.5 Å². The van der Waals surface area contributed by atoms with Crippen molar-refractivity contribution in [2.24, 2.45) is 0 Å².